The molecular formula is C17H21ClN2O3. The van der Waals surface area contributed by atoms with Gasteiger partial charge < -0.3 is 15.0 Å². The van der Waals surface area contributed by atoms with Gasteiger partial charge in [0.1, 0.15) is 0 Å². The van der Waals surface area contributed by atoms with E-state index < -0.39 is 12.0 Å². The second kappa shape index (κ2) is 7.04. The zero-order chi connectivity index (χ0) is 17.1. The lowest BCUT2D eigenvalue weighted by Gasteiger charge is -2.33. The molecule has 5 nitrogen and oxygen atoms in total. The Balaban J connectivity index is 2.39. The summed E-state index contributed by atoms with van der Waals surface area (Å²) in [6.45, 7) is 6.02. The highest BCUT2D eigenvalue weighted by Gasteiger charge is 2.35. The molecule has 0 aliphatic carbocycles. The third-order valence-corrected chi connectivity index (χ3v) is 3.98. The van der Waals surface area contributed by atoms with Crippen molar-refractivity contribution in [2.24, 2.45) is 5.92 Å². The molecule has 0 aromatic heterocycles. The lowest BCUT2D eigenvalue weighted by Crippen LogP contribution is -2.46. The first-order chi connectivity index (χ1) is 10.8. The average molecular weight is 337 g/mol. The van der Waals surface area contributed by atoms with Crippen LogP contribution in [0.15, 0.2) is 35.5 Å². The second-order valence-electron chi connectivity index (χ2n) is 5.98. The number of nitrogens with one attached hydrogen (secondary N) is 1. The van der Waals surface area contributed by atoms with Crippen LogP contribution < -0.4 is 5.32 Å². The SMILES string of the molecule is CC1=C(C(=O)OCC(C)C)[C@@H](c2ccc(Cl)cc2)NC(=O)N1C. The average Bonchev–Trinajstić information content (AvgIpc) is 2.50. The van der Waals surface area contributed by atoms with Crippen LogP contribution in [0.25, 0.3) is 0 Å². The predicted molar refractivity (Wildman–Crippen MR) is 89.0 cm³/mol. The van der Waals surface area contributed by atoms with Crippen molar-refractivity contribution < 1.29 is 14.3 Å². The topological polar surface area (TPSA) is 58.6 Å². The molecule has 0 spiro atoms. The molecule has 23 heavy (non-hydrogen) atoms. The number of carbonyl (C=O) groups is 2. The van der Waals surface area contributed by atoms with Crippen LogP contribution in [0.2, 0.25) is 5.02 Å². The highest BCUT2D eigenvalue weighted by atomic mass is 35.5. The van der Waals surface area contributed by atoms with Gasteiger partial charge in [0.25, 0.3) is 0 Å². The lowest BCUT2D eigenvalue weighted by molar-refractivity contribution is -0.140. The predicted octanol–water partition coefficient (Wildman–Crippen LogP) is 3.51. The Morgan fingerprint density at radius 3 is 2.52 bits per heavy atom. The summed E-state index contributed by atoms with van der Waals surface area (Å²) in [5.74, 6) is -0.173. The number of allylic oxidation sites excluding steroid dienone is 1. The van der Waals surface area contributed by atoms with E-state index in [4.69, 9.17) is 16.3 Å². The molecule has 6 heteroatoms. The standard InChI is InChI=1S/C17H21ClN2O3/c1-10(2)9-23-16(21)14-11(3)20(4)17(22)19-15(14)12-5-7-13(18)8-6-12/h5-8,10,15H,9H2,1-4H3,(H,19,22)/t15-/m1/s1. The first-order valence-corrected chi connectivity index (χ1v) is 7.86. The highest BCUT2D eigenvalue weighted by Crippen LogP contribution is 2.31. The van der Waals surface area contributed by atoms with E-state index >= 15 is 0 Å². The zero-order valence-electron chi connectivity index (χ0n) is 13.7. The van der Waals surface area contributed by atoms with Gasteiger partial charge in [-0.3, -0.25) is 0 Å². The van der Waals surface area contributed by atoms with Gasteiger partial charge in [-0.2, -0.15) is 0 Å². The van der Waals surface area contributed by atoms with E-state index in [1.165, 1.54) is 4.90 Å². The first kappa shape index (κ1) is 17.3. The van der Waals surface area contributed by atoms with E-state index in [0.29, 0.717) is 22.9 Å². The van der Waals surface area contributed by atoms with Crippen molar-refractivity contribution in [1.82, 2.24) is 10.2 Å². The Kier molecular flexibility index (Phi) is 5.31. The van der Waals surface area contributed by atoms with Crippen LogP contribution in [-0.4, -0.2) is 30.6 Å². The fourth-order valence-electron chi connectivity index (χ4n) is 2.33. The maximum atomic E-state index is 12.5. The highest BCUT2D eigenvalue weighted by molar-refractivity contribution is 6.30. The molecule has 1 N–H and O–H groups in total. The molecule has 0 saturated carbocycles. The third-order valence-electron chi connectivity index (χ3n) is 3.73. The molecule has 2 rings (SSSR count). The van der Waals surface area contributed by atoms with Gasteiger partial charge in [0, 0.05) is 17.8 Å². The molecule has 1 aromatic carbocycles. The van der Waals surface area contributed by atoms with Gasteiger partial charge >= 0.3 is 12.0 Å². The van der Waals surface area contributed by atoms with Crippen molar-refractivity contribution >= 4 is 23.6 Å². The summed E-state index contributed by atoms with van der Waals surface area (Å²) in [4.78, 5) is 26.0. The van der Waals surface area contributed by atoms with Crippen LogP contribution in [0.5, 0.6) is 0 Å². The molecule has 1 aromatic rings. The molecular weight excluding hydrogens is 316 g/mol. The molecule has 0 fully saturated rings. The van der Waals surface area contributed by atoms with Gasteiger partial charge in [0.05, 0.1) is 18.2 Å². The minimum absolute atomic E-state index is 0.241. The minimum atomic E-state index is -0.546. The summed E-state index contributed by atoms with van der Waals surface area (Å²) in [7, 11) is 1.62. The van der Waals surface area contributed by atoms with Gasteiger partial charge in [-0.1, -0.05) is 37.6 Å². The van der Waals surface area contributed by atoms with Gasteiger partial charge in [-0.05, 0) is 30.5 Å². The number of benzene rings is 1. The number of amides is 2. The van der Waals surface area contributed by atoms with Gasteiger partial charge in [0.2, 0.25) is 0 Å². The number of esters is 1. The monoisotopic (exact) mass is 336 g/mol. The normalized spacial score (nSPS) is 18.3. The lowest BCUT2D eigenvalue weighted by atomic mass is 9.95. The number of nitrogens with zero attached hydrogens (tertiary/aromatic N) is 1. The van der Waals surface area contributed by atoms with E-state index in [1.807, 2.05) is 13.8 Å². The van der Waals surface area contributed by atoms with E-state index in [9.17, 15) is 9.59 Å². The van der Waals surface area contributed by atoms with Crippen molar-refractivity contribution in [3.8, 4) is 0 Å². The van der Waals surface area contributed by atoms with Crippen LogP contribution in [0.4, 0.5) is 4.79 Å². The van der Waals surface area contributed by atoms with E-state index in [2.05, 4.69) is 5.32 Å². The molecule has 0 radical (unpaired) electrons. The second-order valence-corrected chi connectivity index (χ2v) is 6.42. The number of hydrogen-bond donors (Lipinski definition) is 1. The van der Waals surface area contributed by atoms with Crippen molar-refractivity contribution in [2.75, 3.05) is 13.7 Å². The quantitative estimate of drug-likeness (QED) is 0.856. The summed E-state index contributed by atoms with van der Waals surface area (Å²) in [6, 6.07) is 6.24. The number of halogens is 1. The number of hydrogen-bond acceptors (Lipinski definition) is 3. The van der Waals surface area contributed by atoms with Crippen LogP contribution in [0.1, 0.15) is 32.4 Å². The molecule has 1 aliphatic heterocycles. The molecule has 1 heterocycles. The Labute approximate surface area is 141 Å². The summed E-state index contributed by atoms with van der Waals surface area (Å²) >= 11 is 5.92. The van der Waals surface area contributed by atoms with Crippen LogP contribution in [0, 0.1) is 5.92 Å². The van der Waals surface area contributed by atoms with Crippen LogP contribution in [0.3, 0.4) is 0 Å². The molecule has 0 unspecified atom stereocenters. The first-order valence-electron chi connectivity index (χ1n) is 7.48. The number of carbonyl (C=O) groups excluding carboxylic acids is 2. The third kappa shape index (κ3) is 3.85. The molecule has 124 valence electrons. The van der Waals surface area contributed by atoms with Crippen LogP contribution in [-0.2, 0) is 9.53 Å². The maximum absolute atomic E-state index is 12.5. The fourth-order valence-corrected chi connectivity index (χ4v) is 2.45. The Hall–Kier alpha value is -2.01. The van der Waals surface area contributed by atoms with Gasteiger partial charge in [-0.15, -0.1) is 0 Å². The summed E-state index contributed by atoms with van der Waals surface area (Å²) in [5.41, 5.74) is 1.81. The Morgan fingerprint density at radius 1 is 1.35 bits per heavy atom. The Morgan fingerprint density at radius 2 is 1.96 bits per heavy atom. The van der Waals surface area contributed by atoms with Crippen LogP contribution >= 0.6 is 11.6 Å². The molecule has 1 atom stereocenters. The van der Waals surface area contributed by atoms with E-state index in [-0.39, 0.29) is 11.9 Å². The summed E-state index contributed by atoms with van der Waals surface area (Å²) in [6.07, 6.45) is 0. The molecule has 0 saturated heterocycles. The summed E-state index contributed by atoms with van der Waals surface area (Å²) in [5, 5.41) is 3.43. The van der Waals surface area contributed by atoms with E-state index in [0.717, 1.165) is 5.56 Å². The fraction of sp³-hybridized carbons (Fsp3) is 0.412. The minimum Gasteiger partial charge on any atom is -0.462 e. The number of urea groups is 1. The molecule has 2 amide bonds. The van der Waals surface area contributed by atoms with Crippen molar-refractivity contribution in [3.05, 3.63) is 46.1 Å². The van der Waals surface area contributed by atoms with Gasteiger partial charge in [-0.25, -0.2) is 9.59 Å². The largest absolute Gasteiger partial charge is 0.462 e. The number of rotatable bonds is 4. The zero-order valence-corrected chi connectivity index (χ0v) is 14.5. The number of ether oxygens (including phenoxy) is 1. The van der Waals surface area contributed by atoms with Crippen molar-refractivity contribution in [2.45, 2.75) is 26.8 Å². The van der Waals surface area contributed by atoms with E-state index in [1.54, 1.807) is 38.2 Å². The summed E-state index contributed by atoms with van der Waals surface area (Å²) < 4.78 is 5.37. The smallest absolute Gasteiger partial charge is 0.338 e. The Bertz CT molecular complexity index is 638. The van der Waals surface area contributed by atoms with Gasteiger partial charge in [0.15, 0.2) is 0 Å². The maximum Gasteiger partial charge on any atom is 0.338 e. The van der Waals surface area contributed by atoms with Crippen molar-refractivity contribution in [1.29, 1.82) is 0 Å². The van der Waals surface area contributed by atoms with Crippen molar-refractivity contribution in [3.63, 3.8) is 0 Å². The molecule has 0 bridgehead atoms. The molecule has 1 aliphatic rings.